The number of carbonyl (C=O) groups is 6. The number of carbonyl (C=O) groups excluding carboxylic acids is 5. The van der Waals surface area contributed by atoms with E-state index in [2.05, 4.69) is 26.3 Å². The molecular formula is C30H44N6O7. The summed E-state index contributed by atoms with van der Waals surface area (Å²) in [4.78, 5) is 78.0. The molecule has 1 saturated carbocycles. The number of carboxylic acid groups (broad SMARTS) is 1. The van der Waals surface area contributed by atoms with Gasteiger partial charge in [0.05, 0.1) is 17.9 Å². The van der Waals surface area contributed by atoms with E-state index in [-0.39, 0.29) is 73.2 Å². The average Bonchev–Trinajstić information content (AvgIpc) is 3.29. The van der Waals surface area contributed by atoms with Gasteiger partial charge in [0.2, 0.25) is 29.5 Å². The SMILES string of the molecule is CN1C(=O)C[C@H](C(=O)NCCCNC(=O)CCCNC(=O)CCCC(=O)NC2CCC(C(=O)O)CC2)[C@H]1c1cccnc1. The summed E-state index contributed by atoms with van der Waals surface area (Å²) in [5.41, 5.74) is 0.816. The van der Waals surface area contributed by atoms with E-state index in [9.17, 15) is 28.8 Å². The van der Waals surface area contributed by atoms with Crippen molar-refractivity contribution >= 4 is 35.5 Å². The second-order valence-corrected chi connectivity index (χ2v) is 11.3. The van der Waals surface area contributed by atoms with Crippen LogP contribution in [-0.2, 0) is 28.8 Å². The van der Waals surface area contributed by atoms with Gasteiger partial charge in [-0.1, -0.05) is 6.07 Å². The van der Waals surface area contributed by atoms with Crippen molar-refractivity contribution in [2.45, 2.75) is 82.7 Å². The van der Waals surface area contributed by atoms with Crippen LogP contribution in [0.15, 0.2) is 24.5 Å². The molecule has 2 aliphatic rings. The van der Waals surface area contributed by atoms with Crippen LogP contribution >= 0.6 is 0 Å². The van der Waals surface area contributed by atoms with E-state index in [4.69, 9.17) is 5.11 Å². The summed E-state index contributed by atoms with van der Waals surface area (Å²) in [6, 6.07) is 3.28. The number of likely N-dealkylation sites (tertiary alicyclic amines) is 1. The molecule has 0 radical (unpaired) electrons. The fraction of sp³-hybridized carbons (Fsp3) is 0.633. The lowest BCUT2D eigenvalue weighted by molar-refractivity contribution is -0.143. The lowest BCUT2D eigenvalue weighted by atomic mass is 9.86. The third kappa shape index (κ3) is 11.0. The van der Waals surface area contributed by atoms with Gasteiger partial charge >= 0.3 is 5.97 Å². The molecule has 0 aromatic carbocycles. The molecule has 0 unspecified atom stereocenters. The van der Waals surface area contributed by atoms with Gasteiger partial charge in [-0.25, -0.2) is 0 Å². The van der Waals surface area contributed by atoms with Gasteiger partial charge in [0, 0.05) is 70.8 Å². The first-order valence-electron chi connectivity index (χ1n) is 15.1. The highest BCUT2D eigenvalue weighted by Crippen LogP contribution is 2.36. The third-order valence-corrected chi connectivity index (χ3v) is 8.08. The number of nitrogens with zero attached hydrogens (tertiary/aromatic N) is 2. The van der Waals surface area contributed by atoms with Crippen molar-refractivity contribution in [2.75, 3.05) is 26.7 Å². The lowest BCUT2D eigenvalue weighted by Crippen LogP contribution is -2.38. The maximum absolute atomic E-state index is 12.8. The molecule has 1 aliphatic carbocycles. The Labute approximate surface area is 251 Å². The molecule has 2 atom stereocenters. The first-order valence-corrected chi connectivity index (χ1v) is 15.1. The molecule has 0 spiro atoms. The summed E-state index contributed by atoms with van der Waals surface area (Å²) >= 11 is 0. The van der Waals surface area contributed by atoms with Crippen molar-refractivity contribution in [3.8, 4) is 0 Å². The normalized spacial score (nSPS) is 21.6. The summed E-state index contributed by atoms with van der Waals surface area (Å²) < 4.78 is 0. The number of aliphatic carboxylic acids is 1. The molecule has 1 aliphatic heterocycles. The summed E-state index contributed by atoms with van der Waals surface area (Å²) in [5.74, 6) is -2.34. The molecule has 1 aromatic rings. The van der Waals surface area contributed by atoms with E-state index < -0.39 is 11.9 Å². The van der Waals surface area contributed by atoms with Gasteiger partial charge in [-0.3, -0.25) is 33.8 Å². The van der Waals surface area contributed by atoms with Crippen LogP contribution in [0.3, 0.4) is 0 Å². The Balaban J connectivity index is 1.18. The molecular weight excluding hydrogens is 556 g/mol. The predicted octanol–water partition coefficient (Wildman–Crippen LogP) is 1.05. The monoisotopic (exact) mass is 600 g/mol. The minimum absolute atomic E-state index is 0.00127. The zero-order chi connectivity index (χ0) is 31.2. The summed E-state index contributed by atoms with van der Waals surface area (Å²) in [6.45, 7) is 1.12. The number of rotatable bonds is 16. The van der Waals surface area contributed by atoms with Crippen molar-refractivity contribution in [1.82, 2.24) is 31.2 Å². The third-order valence-electron chi connectivity index (χ3n) is 8.08. The highest BCUT2D eigenvalue weighted by molar-refractivity contribution is 5.90. The highest BCUT2D eigenvalue weighted by atomic mass is 16.4. The molecule has 13 heteroatoms. The number of carboxylic acids is 1. The van der Waals surface area contributed by atoms with Gasteiger partial charge in [0.1, 0.15) is 0 Å². The second kappa shape index (κ2) is 17.2. The van der Waals surface area contributed by atoms with Crippen molar-refractivity contribution < 1.29 is 33.9 Å². The van der Waals surface area contributed by atoms with Gasteiger partial charge in [0.25, 0.3) is 0 Å². The standard InChI is InChI=1S/C30H44N6O7/c1-36-27(40)18-23(28(36)21-6-3-14-31-19-21)29(41)34-17-5-16-33-25(38)9-4-15-32-24(37)7-2-8-26(39)35-22-12-10-20(11-13-22)30(42)43/h3,6,14,19-20,22-23,28H,2,4-5,7-13,15-18H2,1H3,(H,32,37)(H,33,38)(H,34,41)(H,35,39)(H,42,43)/t20?,22?,23-,28+/m0/s1. The molecule has 43 heavy (non-hydrogen) atoms. The van der Waals surface area contributed by atoms with Crippen molar-refractivity contribution in [3.63, 3.8) is 0 Å². The Bertz CT molecular complexity index is 1120. The average molecular weight is 601 g/mol. The summed E-state index contributed by atoms with van der Waals surface area (Å²) in [5, 5.41) is 20.4. The van der Waals surface area contributed by atoms with Crippen LogP contribution in [0.4, 0.5) is 0 Å². The molecule has 236 valence electrons. The Hall–Kier alpha value is -4.03. The first-order chi connectivity index (χ1) is 20.7. The van der Waals surface area contributed by atoms with Crippen LogP contribution in [0.25, 0.3) is 0 Å². The molecule has 2 heterocycles. The van der Waals surface area contributed by atoms with Gasteiger partial charge in [-0.05, 0) is 56.6 Å². The largest absolute Gasteiger partial charge is 0.481 e. The van der Waals surface area contributed by atoms with Crippen molar-refractivity contribution in [2.24, 2.45) is 11.8 Å². The number of pyridine rings is 1. The van der Waals surface area contributed by atoms with E-state index in [0.717, 1.165) is 5.56 Å². The number of hydrogen-bond acceptors (Lipinski definition) is 7. The summed E-state index contributed by atoms with van der Waals surface area (Å²) in [6.07, 6.45) is 8.03. The van der Waals surface area contributed by atoms with E-state index in [1.807, 2.05) is 6.07 Å². The molecule has 1 aromatic heterocycles. The van der Waals surface area contributed by atoms with Gasteiger partial charge in [-0.2, -0.15) is 0 Å². The van der Waals surface area contributed by atoms with Gasteiger partial charge < -0.3 is 31.3 Å². The van der Waals surface area contributed by atoms with E-state index in [1.165, 1.54) is 0 Å². The second-order valence-electron chi connectivity index (χ2n) is 11.3. The number of hydrogen-bond donors (Lipinski definition) is 5. The Morgan fingerprint density at radius 3 is 2.16 bits per heavy atom. The zero-order valence-electron chi connectivity index (χ0n) is 24.8. The van der Waals surface area contributed by atoms with Crippen LogP contribution in [0.2, 0.25) is 0 Å². The molecule has 0 bridgehead atoms. The van der Waals surface area contributed by atoms with E-state index in [0.29, 0.717) is 64.6 Å². The van der Waals surface area contributed by atoms with Gasteiger partial charge in [-0.15, -0.1) is 0 Å². The fourth-order valence-electron chi connectivity index (χ4n) is 5.62. The Kier molecular flexibility index (Phi) is 13.4. The predicted molar refractivity (Wildman–Crippen MR) is 156 cm³/mol. The summed E-state index contributed by atoms with van der Waals surface area (Å²) in [7, 11) is 1.69. The molecule has 13 nitrogen and oxygen atoms in total. The molecule has 3 rings (SSSR count). The first kappa shape index (κ1) is 33.5. The smallest absolute Gasteiger partial charge is 0.306 e. The van der Waals surface area contributed by atoms with Crippen LogP contribution in [0.5, 0.6) is 0 Å². The maximum atomic E-state index is 12.8. The molecule has 5 amide bonds. The lowest BCUT2D eigenvalue weighted by Gasteiger charge is -2.26. The molecule has 1 saturated heterocycles. The zero-order valence-corrected chi connectivity index (χ0v) is 24.8. The van der Waals surface area contributed by atoms with Crippen LogP contribution in [-0.4, -0.2) is 83.2 Å². The topological polar surface area (TPSA) is 187 Å². The van der Waals surface area contributed by atoms with E-state index in [1.54, 1.807) is 30.4 Å². The molecule has 2 fully saturated rings. The van der Waals surface area contributed by atoms with Crippen molar-refractivity contribution in [3.05, 3.63) is 30.1 Å². The minimum atomic E-state index is -0.779. The van der Waals surface area contributed by atoms with E-state index >= 15 is 0 Å². The van der Waals surface area contributed by atoms with Crippen molar-refractivity contribution in [1.29, 1.82) is 0 Å². The highest BCUT2D eigenvalue weighted by Gasteiger charge is 2.42. The Morgan fingerprint density at radius 1 is 0.884 bits per heavy atom. The number of nitrogens with one attached hydrogen (secondary N) is 4. The quantitative estimate of drug-likeness (QED) is 0.174. The van der Waals surface area contributed by atoms with Crippen LogP contribution in [0, 0.1) is 11.8 Å². The Morgan fingerprint density at radius 2 is 1.51 bits per heavy atom. The molecule has 5 N–H and O–H groups in total. The number of amides is 5. The van der Waals surface area contributed by atoms with Gasteiger partial charge in [0.15, 0.2) is 0 Å². The number of aromatic nitrogens is 1. The minimum Gasteiger partial charge on any atom is -0.481 e. The maximum Gasteiger partial charge on any atom is 0.306 e. The van der Waals surface area contributed by atoms with Crippen LogP contribution in [0.1, 0.15) is 82.2 Å². The van der Waals surface area contributed by atoms with Crippen LogP contribution < -0.4 is 21.3 Å². The fourth-order valence-corrected chi connectivity index (χ4v) is 5.62.